The topological polar surface area (TPSA) is 121 Å². The number of methoxy groups -OCH3 is 1. The number of amides is 2. The Morgan fingerprint density at radius 3 is 2.38 bits per heavy atom. The smallest absolute Gasteiger partial charge is 0.246 e. The summed E-state index contributed by atoms with van der Waals surface area (Å²) < 4.78 is 33.0. The molecule has 1 aromatic carbocycles. The average Bonchev–Trinajstić information content (AvgIpc) is 2.79. The third kappa shape index (κ3) is 6.75. The van der Waals surface area contributed by atoms with Crippen LogP contribution in [0.25, 0.3) is 0 Å². The Balaban J connectivity index is 1.61. The van der Waals surface area contributed by atoms with Gasteiger partial charge in [0.05, 0.1) is 20.2 Å². The zero-order valence-electron chi connectivity index (χ0n) is 19.7. The first kappa shape index (κ1) is 25.6. The predicted molar refractivity (Wildman–Crippen MR) is 129 cm³/mol. The number of carbonyl (C=O) groups excluding carboxylic acids is 2. The molecule has 0 atom stereocenters. The first-order valence-corrected chi connectivity index (χ1v) is 12.5. The molecule has 2 heterocycles. The van der Waals surface area contributed by atoms with E-state index in [1.807, 2.05) is 13.0 Å². The summed E-state index contributed by atoms with van der Waals surface area (Å²) in [4.78, 5) is 30.6. The zero-order chi connectivity index (χ0) is 24.7. The molecule has 0 saturated carbocycles. The number of ether oxygens (including phenoxy) is 1. The van der Waals surface area contributed by atoms with Crippen molar-refractivity contribution < 1.29 is 22.7 Å². The number of nitrogens with one attached hydrogen (secondary N) is 2. The summed E-state index contributed by atoms with van der Waals surface area (Å²) >= 11 is 0. The second kappa shape index (κ2) is 11.4. The number of rotatable bonds is 9. The third-order valence-corrected chi connectivity index (χ3v) is 7.28. The van der Waals surface area contributed by atoms with E-state index < -0.39 is 10.0 Å². The number of aryl methyl sites for hydroxylation is 1. The molecule has 1 aliphatic heterocycles. The molecule has 10 nitrogen and oxygen atoms in total. The summed E-state index contributed by atoms with van der Waals surface area (Å²) in [6.45, 7) is 2.68. The van der Waals surface area contributed by atoms with Crippen LogP contribution in [-0.2, 0) is 19.6 Å². The fraction of sp³-hybridized carbons (Fsp3) is 0.435. The van der Waals surface area contributed by atoms with Crippen LogP contribution in [0.15, 0.2) is 41.3 Å². The van der Waals surface area contributed by atoms with Gasteiger partial charge in [0.2, 0.25) is 21.8 Å². The normalized spacial score (nSPS) is 14.6. The van der Waals surface area contributed by atoms with Crippen LogP contribution in [0.3, 0.4) is 0 Å². The average molecular weight is 490 g/mol. The summed E-state index contributed by atoms with van der Waals surface area (Å²) in [5.41, 5.74) is 1.12. The van der Waals surface area contributed by atoms with Crippen LogP contribution in [0.1, 0.15) is 25.0 Å². The molecule has 1 aliphatic rings. The van der Waals surface area contributed by atoms with Crippen LogP contribution in [0, 0.1) is 6.92 Å². The van der Waals surface area contributed by atoms with Gasteiger partial charge in [-0.05, 0) is 57.1 Å². The van der Waals surface area contributed by atoms with Crippen LogP contribution in [-0.4, -0.2) is 74.8 Å². The number of hydrogen-bond donors (Lipinski definition) is 2. The van der Waals surface area contributed by atoms with Gasteiger partial charge in [0.15, 0.2) is 0 Å². The Morgan fingerprint density at radius 2 is 1.74 bits per heavy atom. The van der Waals surface area contributed by atoms with Gasteiger partial charge >= 0.3 is 0 Å². The Morgan fingerprint density at radius 1 is 1.06 bits per heavy atom. The lowest BCUT2D eigenvalue weighted by molar-refractivity contribution is -0.119. The van der Waals surface area contributed by atoms with E-state index in [4.69, 9.17) is 4.74 Å². The quantitative estimate of drug-likeness (QED) is 0.553. The molecule has 2 amide bonds. The number of carbonyl (C=O) groups is 2. The predicted octanol–water partition coefficient (Wildman–Crippen LogP) is 2.08. The molecule has 1 fully saturated rings. The van der Waals surface area contributed by atoms with Crippen molar-refractivity contribution in [3.63, 3.8) is 0 Å². The van der Waals surface area contributed by atoms with Crippen LogP contribution in [0.2, 0.25) is 0 Å². The first-order chi connectivity index (χ1) is 16.2. The molecule has 3 rings (SSSR count). The number of hydrogen-bond acceptors (Lipinski definition) is 7. The van der Waals surface area contributed by atoms with E-state index in [2.05, 4.69) is 15.6 Å². The van der Waals surface area contributed by atoms with Crippen molar-refractivity contribution in [3.05, 3.63) is 42.1 Å². The lowest BCUT2D eigenvalue weighted by atomic mass is 10.2. The summed E-state index contributed by atoms with van der Waals surface area (Å²) in [5.74, 6) is -0.00567. The summed E-state index contributed by atoms with van der Waals surface area (Å²) in [5, 5.41) is 5.40. The molecule has 0 aliphatic carbocycles. The minimum Gasteiger partial charge on any atom is -0.495 e. The van der Waals surface area contributed by atoms with Gasteiger partial charge in [-0.15, -0.1) is 0 Å². The van der Waals surface area contributed by atoms with Crippen molar-refractivity contribution in [1.29, 1.82) is 0 Å². The fourth-order valence-corrected chi connectivity index (χ4v) is 5.44. The second-order valence-electron chi connectivity index (χ2n) is 8.26. The number of likely N-dealkylation sites (N-methyl/N-ethyl adjacent to an activating group) is 1. The van der Waals surface area contributed by atoms with Crippen LogP contribution >= 0.6 is 0 Å². The van der Waals surface area contributed by atoms with E-state index in [-0.39, 0.29) is 35.5 Å². The highest BCUT2D eigenvalue weighted by molar-refractivity contribution is 7.89. The van der Waals surface area contributed by atoms with Gasteiger partial charge < -0.3 is 15.4 Å². The zero-order valence-corrected chi connectivity index (χ0v) is 20.5. The maximum absolute atomic E-state index is 13.2. The van der Waals surface area contributed by atoms with Crippen LogP contribution < -0.4 is 15.4 Å². The van der Waals surface area contributed by atoms with Crippen molar-refractivity contribution in [3.8, 4) is 5.75 Å². The molecule has 0 radical (unpaired) electrons. The van der Waals surface area contributed by atoms with E-state index in [0.717, 1.165) is 25.0 Å². The van der Waals surface area contributed by atoms with Gasteiger partial charge in [-0.1, -0.05) is 12.5 Å². The molecule has 184 valence electrons. The highest BCUT2D eigenvalue weighted by Gasteiger charge is 2.29. The summed E-state index contributed by atoms with van der Waals surface area (Å²) in [6, 6.07) is 9.84. The molecule has 11 heteroatoms. The lowest BCUT2D eigenvalue weighted by Gasteiger charge is -2.26. The monoisotopic (exact) mass is 489 g/mol. The highest BCUT2D eigenvalue weighted by atomic mass is 32.2. The van der Waals surface area contributed by atoms with Crippen LogP contribution in [0.5, 0.6) is 5.75 Å². The molecule has 1 saturated heterocycles. The van der Waals surface area contributed by atoms with Gasteiger partial charge in [-0.25, -0.2) is 13.4 Å². The van der Waals surface area contributed by atoms with Gasteiger partial charge in [-0.3, -0.25) is 14.5 Å². The van der Waals surface area contributed by atoms with E-state index in [9.17, 15) is 18.0 Å². The van der Waals surface area contributed by atoms with Crippen molar-refractivity contribution in [2.24, 2.45) is 0 Å². The molecular formula is C23H31N5O5S. The Hall–Kier alpha value is -3.02. The van der Waals surface area contributed by atoms with Crippen LogP contribution in [0.4, 0.5) is 11.5 Å². The fourth-order valence-electron chi connectivity index (χ4n) is 3.74. The van der Waals surface area contributed by atoms with E-state index in [1.165, 1.54) is 23.5 Å². The number of nitrogens with zero attached hydrogens (tertiary/aromatic N) is 3. The number of pyridine rings is 1. The molecule has 2 N–H and O–H groups in total. The number of aromatic nitrogens is 1. The molecule has 0 unspecified atom stereocenters. The highest BCUT2D eigenvalue weighted by Crippen LogP contribution is 2.31. The van der Waals surface area contributed by atoms with Crippen molar-refractivity contribution >= 4 is 33.3 Å². The minimum absolute atomic E-state index is 0.0136. The van der Waals surface area contributed by atoms with Gasteiger partial charge in [0.25, 0.3) is 0 Å². The molecule has 34 heavy (non-hydrogen) atoms. The van der Waals surface area contributed by atoms with E-state index in [0.29, 0.717) is 24.6 Å². The maximum atomic E-state index is 13.2. The number of anilines is 2. The SMILES string of the molecule is COc1ccc(NC(=O)CN(C)CC(=O)Nc2cccc(C)n2)cc1S(=O)(=O)N1CCCCC1. The Bertz CT molecular complexity index is 1130. The Kier molecular flexibility index (Phi) is 8.59. The summed E-state index contributed by atoms with van der Waals surface area (Å²) in [6.07, 6.45) is 2.64. The third-order valence-electron chi connectivity index (χ3n) is 5.36. The molecule has 0 spiro atoms. The summed E-state index contributed by atoms with van der Waals surface area (Å²) in [7, 11) is -0.693. The number of benzene rings is 1. The molecule has 0 bridgehead atoms. The van der Waals surface area contributed by atoms with Gasteiger partial charge in [0, 0.05) is 24.5 Å². The standard InChI is InChI=1S/C23H31N5O5S/c1-17-8-7-9-21(24-17)26-23(30)16-27(2)15-22(29)25-18-10-11-19(33-3)20(14-18)34(31,32)28-12-5-4-6-13-28/h7-11,14H,4-6,12-13,15-16H2,1-3H3,(H,25,29)(H,24,26,30). The molecule has 2 aromatic rings. The van der Waals surface area contributed by atoms with E-state index >= 15 is 0 Å². The Labute approximate surface area is 200 Å². The van der Waals surface area contributed by atoms with Crippen molar-refractivity contribution in [1.82, 2.24) is 14.2 Å². The van der Waals surface area contributed by atoms with Gasteiger partial charge in [0.1, 0.15) is 16.5 Å². The lowest BCUT2D eigenvalue weighted by Crippen LogP contribution is -2.36. The number of piperidine rings is 1. The molecular weight excluding hydrogens is 458 g/mol. The van der Waals surface area contributed by atoms with Crippen molar-refractivity contribution in [2.75, 3.05) is 51.0 Å². The number of sulfonamides is 1. The van der Waals surface area contributed by atoms with Gasteiger partial charge in [-0.2, -0.15) is 4.31 Å². The minimum atomic E-state index is -3.75. The first-order valence-electron chi connectivity index (χ1n) is 11.1. The largest absolute Gasteiger partial charge is 0.495 e. The second-order valence-corrected chi connectivity index (χ2v) is 10.2. The van der Waals surface area contributed by atoms with Crippen molar-refractivity contribution in [2.45, 2.75) is 31.1 Å². The molecule has 1 aromatic heterocycles. The van der Waals surface area contributed by atoms with E-state index in [1.54, 1.807) is 30.1 Å². The maximum Gasteiger partial charge on any atom is 0.246 e.